The summed E-state index contributed by atoms with van der Waals surface area (Å²) in [7, 11) is 0. The molecule has 14 rings (SSSR count). The maximum atomic E-state index is 10.2. The Morgan fingerprint density at radius 1 is 0.377 bits per heavy atom. The van der Waals surface area contributed by atoms with E-state index in [0.29, 0.717) is 5.56 Å². The second kappa shape index (κ2) is 15.5. The first-order valence-corrected chi connectivity index (χ1v) is 23.7. The standard InChI is InChI=1S/C65H40BN3/c67-41-42-37-51-25-33-55-62-56(34-26-52(38-42)61(51)62)65-64-63(55)57-39-49(45-17-9-3-10-18-45)27-35-59(57)69(54-31-23-48(24-32-54)44-15-7-2-8-16-44)66(64)58-40-50(46-19-11-4-12-20-46)28-36-60(58)68(65)53-29-21-47(22-30-53)43-13-5-1-6-14-43/h1-40H. The lowest BCUT2D eigenvalue weighted by atomic mass is 9.42. The van der Waals surface area contributed by atoms with Gasteiger partial charge in [0.15, 0.2) is 0 Å². The van der Waals surface area contributed by atoms with Gasteiger partial charge in [-0.25, -0.2) is 0 Å². The van der Waals surface area contributed by atoms with Crippen LogP contribution in [0.1, 0.15) is 5.56 Å². The maximum Gasteiger partial charge on any atom is 0.333 e. The summed E-state index contributed by atoms with van der Waals surface area (Å²) in [5, 5.41) is 17.1. The third kappa shape index (κ3) is 6.08. The summed E-state index contributed by atoms with van der Waals surface area (Å²) in [4.78, 5) is 5.16. The molecule has 0 spiro atoms. The number of hydrogen-bond donors (Lipinski definition) is 0. The van der Waals surface area contributed by atoms with Crippen molar-refractivity contribution < 1.29 is 0 Å². The van der Waals surface area contributed by atoms with Crippen molar-refractivity contribution in [1.82, 2.24) is 0 Å². The molecule has 0 saturated heterocycles. The van der Waals surface area contributed by atoms with E-state index in [2.05, 4.69) is 258 Å². The number of rotatable bonds is 6. The molecule has 69 heavy (non-hydrogen) atoms. The molecule has 2 aliphatic heterocycles. The smallest absolute Gasteiger partial charge is 0.333 e. The normalized spacial score (nSPS) is 12.5. The van der Waals surface area contributed by atoms with E-state index in [-0.39, 0.29) is 6.85 Å². The van der Waals surface area contributed by atoms with Crippen LogP contribution in [-0.2, 0) is 0 Å². The number of fused-ring (bicyclic) bond motifs is 6. The molecule has 0 N–H and O–H groups in total. The van der Waals surface area contributed by atoms with Crippen molar-refractivity contribution in [2.24, 2.45) is 0 Å². The Morgan fingerprint density at radius 3 is 1.39 bits per heavy atom. The maximum absolute atomic E-state index is 10.2. The van der Waals surface area contributed by atoms with Crippen LogP contribution in [0.2, 0.25) is 0 Å². The zero-order chi connectivity index (χ0) is 45.6. The van der Waals surface area contributed by atoms with Crippen LogP contribution in [0.25, 0.3) is 88.0 Å². The summed E-state index contributed by atoms with van der Waals surface area (Å²) >= 11 is 0. The molecule has 0 saturated carbocycles. The van der Waals surface area contributed by atoms with E-state index in [4.69, 9.17) is 0 Å². The third-order valence-corrected chi connectivity index (χ3v) is 14.6. The number of hydrogen-bond acceptors (Lipinski definition) is 3. The van der Waals surface area contributed by atoms with Gasteiger partial charge in [-0.15, -0.1) is 0 Å². The lowest BCUT2D eigenvalue weighted by molar-refractivity contribution is 1.28. The molecular formula is C65H40BN3. The average molecular weight is 874 g/mol. The van der Waals surface area contributed by atoms with Gasteiger partial charge in [-0.1, -0.05) is 188 Å². The SMILES string of the molecule is N#Cc1cc2ccc3c4c5c(c6ccc(c1)c2c36)N(c1ccc(-c2ccccc2)cc1)c1ccc(-c2ccccc2)cc1B5N(c1ccc(-c2ccccc2)cc1)c1ccc(-c2ccccc2)cc1-4. The predicted molar refractivity (Wildman–Crippen MR) is 290 cm³/mol. The summed E-state index contributed by atoms with van der Waals surface area (Å²) < 4.78 is 0. The molecule has 4 heteroatoms. The van der Waals surface area contributed by atoms with Crippen LogP contribution < -0.4 is 20.6 Å². The van der Waals surface area contributed by atoms with Gasteiger partial charge in [0.05, 0.1) is 17.3 Å². The second-order valence-electron chi connectivity index (χ2n) is 18.3. The number of anilines is 5. The van der Waals surface area contributed by atoms with E-state index in [1.54, 1.807) is 0 Å². The minimum absolute atomic E-state index is 0.210. The molecule has 0 unspecified atom stereocenters. The fraction of sp³-hybridized carbons (Fsp3) is 0. The molecule has 3 nitrogen and oxygen atoms in total. The molecule has 2 aliphatic rings. The van der Waals surface area contributed by atoms with Crippen molar-refractivity contribution >= 4 is 78.5 Å². The largest absolute Gasteiger partial charge is 0.376 e. The molecule has 0 bridgehead atoms. The Labute approximate surface area is 401 Å². The molecule has 0 radical (unpaired) electrons. The van der Waals surface area contributed by atoms with E-state index in [9.17, 15) is 5.26 Å². The molecule has 12 aromatic carbocycles. The first-order chi connectivity index (χ1) is 34.2. The zero-order valence-corrected chi connectivity index (χ0v) is 37.5. The van der Waals surface area contributed by atoms with Crippen molar-refractivity contribution in [3.05, 3.63) is 248 Å². The Bertz CT molecular complexity index is 3980. The molecule has 0 atom stereocenters. The molecule has 2 heterocycles. The lowest BCUT2D eigenvalue weighted by Gasteiger charge is -2.47. The molecule has 318 valence electrons. The van der Waals surface area contributed by atoms with Crippen molar-refractivity contribution in [1.29, 1.82) is 5.26 Å². The highest BCUT2D eigenvalue weighted by Crippen LogP contribution is 2.54. The monoisotopic (exact) mass is 873 g/mol. The van der Waals surface area contributed by atoms with E-state index in [0.717, 1.165) is 33.5 Å². The van der Waals surface area contributed by atoms with Gasteiger partial charge < -0.3 is 9.71 Å². The predicted octanol–water partition coefficient (Wildman–Crippen LogP) is 15.8. The minimum atomic E-state index is -0.210. The summed E-state index contributed by atoms with van der Waals surface area (Å²) in [5.74, 6) is 0. The van der Waals surface area contributed by atoms with E-state index in [1.807, 2.05) is 0 Å². The van der Waals surface area contributed by atoms with Gasteiger partial charge in [0, 0.05) is 39.1 Å². The number of benzene rings is 12. The molecule has 0 amide bonds. The van der Waals surface area contributed by atoms with Crippen molar-refractivity contribution in [2.45, 2.75) is 0 Å². The van der Waals surface area contributed by atoms with Gasteiger partial charge in [-0.2, -0.15) is 5.26 Å². The highest BCUT2D eigenvalue weighted by Gasteiger charge is 2.47. The van der Waals surface area contributed by atoms with Crippen molar-refractivity contribution in [3.63, 3.8) is 0 Å². The molecule has 0 aliphatic carbocycles. The van der Waals surface area contributed by atoms with Crippen molar-refractivity contribution in [2.75, 3.05) is 9.71 Å². The van der Waals surface area contributed by atoms with E-state index < -0.39 is 0 Å². The van der Waals surface area contributed by atoms with Crippen LogP contribution >= 0.6 is 0 Å². The van der Waals surface area contributed by atoms with Crippen LogP contribution in [-0.4, -0.2) is 6.85 Å². The summed E-state index contributed by atoms with van der Waals surface area (Å²) in [6.07, 6.45) is 0. The third-order valence-electron chi connectivity index (χ3n) is 14.6. The average Bonchev–Trinajstić information content (AvgIpc) is 3.43. The molecular weight excluding hydrogens is 834 g/mol. The van der Waals surface area contributed by atoms with Gasteiger partial charge in [0.2, 0.25) is 0 Å². The minimum Gasteiger partial charge on any atom is -0.376 e. The topological polar surface area (TPSA) is 30.3 Å². The molecule has 0 fully saturated rings. The van der Waals surface area contributed by atoms with E-state index in [1.165, 1.54) is 93.8 Å². The Kier molecular flexibility index (Phi) is 8.75. The van der Waals surface area contributed by atoms with Crippen LogP contribution in [0.5, 0.6) is 0 Å². The number of nitriles is 1. The van der Waals surface area contributed by atoms with E-state index >= 15 is 0 Å². The molecule has 0 aromatic heterocycles. The lowest BCUT2D eigenvalue weighted by Crippen LogP contribution is -2.61. The summed E-state index contributed by atoms with van der Waals surface area (Å²) in [6.45, 7) is -0.210. The molecule has 12 aromatic rings. The Balaban J connectivity index is 1.13. The van der Waals surface area contributed by atoms with Gasteiger partial charge in [0.1, 0.15) is 0 Å². The van der Waals surface area contributed by atoms with Crippen LogP contribution in [0.15, 0.2) is 243 Å². The summed E-state index contributed by atoms with van der Waals surface area (Å²) in [5.41, 5.74) is 20.7. The highest BCUT2D eigenvalue weighted by molar-refractivity contribution is 6.94. The Morgan fingerprint density at radius 2 is 0.841 bits per heavy atom. The van der Waals surface area contributed by atoms with Crippen LogP contribution in [0.4, 0.5) is 28.4 Å². The second-order valence-corrected chi connectivity index (χ2v) is 18.3. The van der Waals surface area contributed by atoms with Crippen LogP contribution in [0.3, 0.4) is 0 Å². The fourth-order valence-corrected chi connectivity index (χ4v) is 11.5. The number of nitrogens with zero attached hydrogens (tertiary/aromatic N) is 3. The van der Waals surface area contributed by atoms with Crippen LogP contribution in [0, 0.1) is 11.3 Å². The van der Waals surface area contributed by atoms with Gasteiger partial charge in [0.25, 0.3) is 0 Å². The highest BCUT2D eigenvalue weighted by atomic mass is 15.2. The van der Waals surface area contributed by atoms with Gasteiger partial charge in [-0.05, 0) is 137 Å². The van der Waals surface area contributed by atoms with Gasteiger partial charge in [-0.3, -0.25) is 0 Å². The zero-order valence-electron chi connectivity index (χ0n) is 37.5. The van der Waals surface area contributed by atoms with Crippen molar-refractivity contribution in [3.8, 4) is 61.7 Å². The summed E-state index contributed by atoms with van der Waals surface area (Å²) in [6, 6.07) is 91.0. The first-order valence-electron chi connectivity index (χ1n) is 23.7. The quantitative estimate of drug-likeness (QED) is 0.123. The fourth-order valence-electron chi connectivity index (χ4n) is 11.5. The Hall–Kier alpha value is -9.17. The first kappa shape index (κ1) is 39.0. The van der Waals surface area contributed by atoms with Gasteiger partial charge >= 0.3 is 6.85 Å².